The fraction of sp³-hybridized carbons (Fsp3) is 0.353. The fourth-order valence-electron chi connectivity index (χ4n) is 2.16. The number of aromatic nitrogens is 1. The van der Waals surface area contributed by atoms with Crippen LogP contribution in [0.4, 0.5) is 15.2 Å². The number of nitrogens with one attached hydrogen (secondary N) is 2. The first-order valence-electron chi connectivity index (χ1n) is 7.91. The number of nitrogens with two attached hydrogens (primary N) is 1. The summed E-state index contributed by atoms with van der Waals surface area (Å²) in [6.45, 7) is 5.22. The van der Waals surface area contributed by atoms with Crippen molar-refractivity contribution in [3.8, 4) is 11.3 Å². The maximum absolute atomic E-state index is 14.2. The maximum atomic E-state index is 14.2. The second-order valence-corrected chi connectivity index (χ2v) is 6.67. The lowest BCUT2D eigenvalue weighted by Crippen LogP contribution is -2.40. The molecule has 4 N–H and O–H groups in total. The van der Waals surface area contributed by atoms with Crippen LogP contribution in [0.3, 0.4) is 0 Å². The van der Waals surface area contributed by atoms with Gasteiger partial charge >= 0.3 is 0 Å². The molecule has 1 aromatic heterocycles. The molecule has 0 bridgehead atoms. The molecule has 0 aliphatic rings. The van der Waals surface area contributed by atoms with Gasteiger partial charge in [-0.25, -0.2) is 9.37 Å². The molecular weight excluding hydrogens is 343 g/mol. The van der Waals surface area contributed by atoms with Gasteiger partial charge in [0.15, 0.2) is 5.13 Å². The van der Waals surface area contributed by atoms with Gasteiger partial charge in [0.25, 0.3) is 0 Å². The quantitative estimate of drug-likeness (QED) is 0.733. The van der Waals surface area contributed by atoms with Crippen molar-refractivity contribution < 1.29 is 14.0 Å². The van der Waals surface area contributed by atoms with Gasteiger partial charge < -0.3 is 16.4 Å². The van der Waals surface area contributed by atoms with Crippen LogP contribution in [-0.2, 0) is 9.59 Å². The number of rotatable bonds is 6. The number of amides is 2. The normalized spacial score (nSPS) is 13.2. The van der Waals surface area contributed by atoms with E-state index in [-0.39, 0.29) is 23.3 Å². The molecule has 0 radical (unpaired) electrons. The van der Waals surface area contributed by atoms with Crippen molar-refractivity contribution in [2.45, 2.75) is 33.2 Å². The summed E-state index contributed by atoms with van der Waals surface area (Å²) in [5, 5.41) is 7.20. The third kappa shape index (κ3) is 4.83. The van der Waals surface area contributed by atoms with Crippen molar-refractivity contribution in [3.63, 3.8) is 0 Å². The van der Waals surface area contributed by atoms with Crippen LogP contribution in [0, 0.1) is 11.7 Å². The van der Waals surface area contributed by atoms with Crippen molar-refractivity contribution in [2.24, 2.45) is 11.7 Å². The van der Waals surface area contributed by atoms with Gasteiger partial charge in [-0.05, 0) is 24.1 Å². The number of hydrogen-bond acceptors (Lipinski definition) is 5. The zero-order chi connectivity index (χ0) is 18.6. The van der Waals surface area contributed by atoms with Crippen LogP contribution in [0.5, 0.6) is 0 Å². The Morgan fingerprint density at radius 2 is 2.08 bits per heavy atom. The SMILES string of the molecule is CCC(C)C(N)C(=O)Nc1nc(-c2ccc(NC(C)=O)cc2F)cs1. The molecule has 0 aliphatic heterocycles. The molecule has 2 aromatic rings. The first kappa shape index (κ1) is 19.0. The first-order chi connectivity index (χ1) is 11.8. The minimum Gasteiger partial charge on any atom is -0.326 e. The van der Waals surface area contributed by atoms with Crippen molar-refractivity contribution in [3.05, 3.63) is 29.4 Å². The van der Waals surface area contributed by atoms with Crippen molar-refractivity contribution >= 4 is 34.0 Å². The molecule has 1 aromatic carbocycles. The summed E-state index contributed by atoms with van der Waals surface area (Å²) in [5.74, 6) is -1.04. The van der Waals surface area contributed by atoms with Crippen molar-refractivity contribution in [2.75, 3.05) is 10.6 Å². The second-order valence-electron chi connectivity index (χ2n) is 5.81. The van der Waals surface area contributed by atoms with Crippen molar-refractivity contribution in [1.82, 2.24) is 4.98 Å². The number of carbonyl (C=O) groups is 2. The lowest BCUT2D eigenvalue weighted by atomic mass is 10.00. The van der Waals surface area contributed by atoms with Gasteiger partial charge in [-0.15, -0.1) is 11.3 Å². The molecule has 2 rings (SSSR count). The van der Waals surface area contributed by atoms with Gasteiger partial charge in [0.1, 0.15) is 5.82 Å². The minimum absolute atomic E-state index is 0.0539. The highest BCUT2D eigenvalue weighted by molar-refractivity contribution is 7.14. The summed E-state index contributed by atoms with van der Waals surface area (Å²) in [7, 11) is 0. The van der Waals surface area contributed by atoms with E-state index in [1.807, 2.05) is 13.8 Å². The number of hydrogen-bond donors (Lipinski definition) is 3. The van der Waals surface area contributed by atoms with Crippen LogP contribution >= 0.6 is 11.3 Å². The van der Waals surface area contributed by atoms with E-state index in [4.69, 9.17) is 5.73 Å². The summed E-state index contributed by atoms with van der Waals surface area (Å²) in [4.78, 5) is 27.3. The molecule has 0 fully saturated rings. The third-order valence-electron chi connectivity index (χ3n) is 3.86. The molecule has 6 nitrogen and oxygen atoms in total. The number of thiazole rings is 1. The van der Waals surface area contributed by atoms with E-state index in [9.17, 15) is 14.0 Å². The molecule has 2 unspecified atom stereocenters. The molecule has 134 valence electrons. The summed E-state index contributed by atoms with van der Waals surface area (Å²) < 4.78 is 14.2. The zero-order valence-electron chi connectivity index (χ0n) is 14.3. The Morgan fingerprint density at radius 1 is 1.36 bits per heavy atom. The van der Waals surface area contributed by atoms with E-state index >= 15 is 0 Å². The van der Waals surface area contributed by atoms with Gasteiger partial charge in [0, 0.05) is 23.6 Å². The monoisotopic (exact) mass is 364 g/mol. The Kier molecular flexibility index (Phi) is 6.22. The summed E-state index contributed by atoms with van der Waals surface area (Å²) in [6.07, 6.45) is 0.795. The average Bonchev–Trinajstić information content (AvgIpc) is 3.01. The number of anilines is 2. The first-order valence-corrected chi connectivity index (χ1v) is 8.79. The largest absolute Gasteiger partial charge is 0.326 e. The van der Waals surface area contributed by atoms with Crippen LogP contribution < -0.4 is 16.4 Å². The number of nitrogens with zero attached hydrogens (tertiary/aromatic N) is 1. The zero-order valence-corrected chi connectivity index (χ0v) is 15.1. The van der Waals surface area contributed by atoms with Gasteiger partial charge in [0.2, 0.25) is 11.8 Å². The number of benzene rings is 1. The molecule has 0 spiro atoms. The van der Waals surface area contributed by atoms with E-state index < -0.39 is 11.9 Å². The summed E-state index contributed by atoms with van der Waals surface area (Å²) in [6, 6.07) is 3.74. The molecule has 0 aliphatic carbocycles. The summed E-state index contributed by atoms with van der Waals surface area (Å²) >= 11 is 1.20. The van der Waals surface area contributed by atoms with Gasteiger partial charge in [-0.3, -0.25) is 9.59 Å². The van der Waals surface area contributed by atoms with E-state index in [0.717, 1.165) is 6.42 Å². The van der Waals surface area contributed by atoms with Crippen LogP contribution in [-0.4, -0.2) is 22.8 Å². The molecule has 1 heterocycles. The number of carbonyl (C=O) groups excluding carboxylic acids is 2. The topological polar surface area (TPSA) is 97.1 Å². The lowest BCUT2D eigenvalue weighted by Gasteiger charge is -2.16. The Morgan fingerprint density at radius 3 is 2.68 bits per heavy atom. The van der Waals surface area contributed by atoms with E-state index in [1.165, 1.54) is 30.4 Å². The minimum atomic E-state index is -0.619. The molecule has 0 saturated heterocycles. The maximum Gasteiger partial charge on any atom is 0.243 e. The predicted octanol–water partition coefficient (Wildman–Crippen LogP) is 3.22. The Hall–Kier alpha value is -2.32. The van der Waals surface area contributed by atoms with Gasteiger partial charge in [-0.1, -0.05) is 20.3 Å². The Balaban J connectivity index is 2.13. The molecule has 8 heteroatoms. The van der Waals surface area contributed by atoms with E-state index in [1.54, 1.807) is 11.4 Å². The predicted molar refractivity (Wildman–Crippen MR) is 97.9 cm³/mol. The smallest absolute Gasteiger partial charge is 0.243 e. The van der Waals surface area contributed by atoms with E-state index in [0.29, 0.717) is 16.5 Å². The molecule has 25 heavy (non-hydrogen) atoms. The van der Waals surface area contributed by atoms with Crippen molar-refractivity contribution in [1.29, 1.82) is 0 Å². The van der Waals surface area contributed by atoms with Crippen LogP contribution in [0.1, 0.15) is 27.2 Å². The van der Waals surface area contributed by atoms with Crippen LogP contribution in [0.25, 0.3) is 11.3 Å². The van der Waals surface area contributed by atoms with Crippen LogP contribution in [0.15, 0.2) is 23.6 Å². The Bertz CT molecular complexity index is 778. The van der Waals surface area contributed by atoms with Crippen LogP contribution in [0.2, 0.25) is 0 Å². The number of halogens is 1. The van der Waals surface area contributed by atoms with E-state index in [2.05, 4.69) is 15.6 Å². The molecule has 2 amide bonds. The van der Waals surface area contributed by atoms with Gasteiger partial charge in [-0.2, -0.15) is 0 Å². The lowest BCUT2D eigenvalue weighted by molar-refractivity contribution is -0.118. The molecular formula is C17H21FN4O2S. The molecule has 0 saturated carbocycles. The van der Waals surface area contributed by atoms with Gasteiger partial charge in [0.05, 0.1) is 11.7 Å². The fourth-order valence-corrected chi connectivity index (χ4v) is 2.87. The Labute approximate surface area is 149 Å². The highest BCUT2D eigenvalue weighted by atomic mass is 32.1. The standard InChI is InChI=1S/C17H21FN4O2S/c1-4-9(2)15(19)16(24)22-17-21-14(8-25-17)12-6-5-11(7-13(12)18)20-10(3)23/h5-9,15H,4,19H2,1-3H3,(H,20,23)(H,21,22,24). The highest BCUT2D eigenvalue weighted by Crippen LogP contribution is 2.28. The average molecular weight is 364 g/mol. The second kappa shape index (κ2) is 8.17. The highest BCUT2D eigenvalue weighted by Gasteiger charge is 2.20. The molecule has 2 atom stereocenters. The summed E-state index contributed by atoms with van der Waals surface area (Å²) in [5.41, 5.74) is 6.96. The third-order valence-corrected chi connectivity index (χ3v) is 4.62.